The van der Waals surface area contributed by atoms with Gasteiger partial charge in [-0.15, -0.1) is 0 Å². The van der Waals surface area contributed by atoms with Gasteiger partial charge in [-0.2, -0.15) is 0 Å². The lowest BCUT2D eigenvalue weighted by Gasteiger charge is -2.20. The van der Waals surface area contributed by atoms with Crippen LogP contribution in [0.3, 0.4) is 0 Å². The van der Waals surface area contributed by atoms with Crippen LogP contribution in [0.2, 0.25) is 5.02 Å². The third-order valence-corrected chi connectivity index (χ3v) is 3.70. The highest BCUT2D eigenvalue weighted by Gasteiger charge is 2.31. The number of benzene rings is 1. The fourth-order valence-corrected chi connectivity index (χ4v) is 2.62. The number of hydrogen-bond donors (Lipinski definition) is 2. The summed E-state index contributed by atoms with van der Waals surface area (Å²) in [6.45, 7) is 1.47. The molecular formula is C12H16ClFN2O. The highest BCUT2D eigenvalue weighted by atomic mass is 35.5. The molecule has 0 aliphatic carbocycles. The Balaban J connectivity index is 2.31. The number of halogens is 2. The Morgan fingerprint density at radius 2 is 2.29 bits per heavy atom. The maximum absolute atomic E-state index is 13.8. The smallest absolute Gasteiger partial charge is 0.137 e. The van der Waals surface area contributed by atoms with Crippen LogP contribution >= 0.6 is 11.6 Å². The number of phenols is 1. The number of rotatable bonds is 2. The summed E-state index contributed by atoms with van der Waals surface area (Å²) in [6.07, 6.45) is 0.824. The third-order valence-electron chi connectivity index (χ3n) is 3.39. The van der Waals surface area contributed by atoms with Gasteiger partial charge in [-0.05, 0) is 32.0 Å². The number of nitrogens with zero attached hydrogens (tertiary/aromatic N) is 1. The van der Waals surface area contributed by atoms with E-state index in [1.54, 1.807) is 0 Å². The van der Waals surface area contributed by atoms with Crippen molar-refractivity contribution in [1.82, 2.24) is 4.90 Å². The van der Waals surface area contributed by atoms with Crippen molar-refractivity contribution in [2.45, 2.75) is 12.5 Å². The van der Waals surface area contributed by atoms with E-state index in [-0.39, 0.29) is 16.8 Å². The number of phenolic OH excluding ortho intramolecular Hbond substituents is 1. The Bertz CT molecular complexity index is 427. The number of nitrogens with two attached hydrogens (primary N) is 1. The summed E-state index contributed by atoms with van der Waals surface area (Å²) in [4.78, 5) is 2.07. The summed E-state index contributed by atoms with van der Waals surface area (Å²) in [5.74, 6) is -0.248. The van der Waals surface area contributed by atoms with E-state index in [1.165, 1.54) is 6.07 Å². The molecule has 0 aromatic heterocycles. The van der Waals surface area contributed by atoms with Gasteiger partial charge < -0.3 is 10.8 Å². The van der Waals surface area contributed by atoms with Crippen LogP contribution < -0.4 is 5.73 Å². The number of hydrogen-bond acceptors (Lipinski definition) is 3. The van der Waals surface area contributed by atoms with Gasteiger partial charge in [-0.1, -0.05) is 11.6 Å². The zero-order valence-corrected chi connectivity index (χ0v) is 10.4. The van der Waals surface area contributed by atoms with E-state index in [0.29, 0.717) is 18.0 Å². The topological polar surface area (TPSA) is 49.5 Å². The largest absolute Gasteiger partial charge is 0.506 e. The fraction of sp³-hybridized carbons (Fsp3) is 0.500. The fourth-order valence-electron chi connectivity index (χ4n) is 2.45. The lowest BCUT2D eigenvalue weighted by molar-refractivity contribution is 0.306. The Morgan fingerprint density at radius 1 is 1.59 bits per heavy atom. The Morgan fingerprint density at radius 3 is 2.88 bits per heavy atom. The van der Waals surface area contributed by atoms with Crippen LogP contribution in [0.5, 0.6) is 5.75 Å². The SMILES string of the molecule is CN1CC(CN)CC1c1cc(Cl)c(O)cc1F. The molecule has 1 fully saturated rings. The zero-order chi connectivity index (χ0) is 12.6. The van der Waals surface area contributed by atoms with E-state index < -0.39 is 5.82 Å². The first-order chi connectivity index (χ1) is 8.02. The maximum Gasteiger partial charge on any atom is 0.137 e. The normalized spacial score (nSPS) is 25.4. The molecule has 2 rings (SSSR count). The highest BCUT2D eigenvalue weighted by molar-refractivity contribution is 6.32. The molecule has 1 heterocycles. The van der Waals surface area contributed by atoms with Crippen molar-refractivity contribution in [2.75, 3.05) is 20.1 Å². The molecule has 2 atom stereocenters. The highest BCUT2D eigenvalue weighted by Crippen LogP contribution is 2.38. The molecule has 1 aliphatic rings. The first kappa shape index (κ1) is 12.6. The molecule has 1 saturated heterocycles. The summed E-state index contributed by atoms with van der Waals surface area (Å²) in [5.41, 5.74) is 6.18. The van der Waals surface area contributed by atoms with Gasteiger partial charge in [0.2, 0.25) is 0 Å². The zero-order valence-electron chi connectivity index (χ0n) is 9.66. The van der Waals surface area contributed by atoms with Crippen LogP contribution in [0.4, 0.5) is 4.39 Å². The first-order valence-corrected chi connectivity index (χ1v) is 5.99. The number of likely N-dealkylation sites (tertiary alicyclic amines) is 1. The van der Waals surface area contributed by atoms with Crippen molar-refractivity contribution in [2.24, 2.45) is 11.7 Å². The van der Waals surface area contributed by atoms with Crippen molar-refractivity contribution in [3.05, 3.63) is 28.5 Å². The molecule has 0 radical (unpaired) electrons. The van der Waals surface area contributed by atoms with Crippen molar-refractivity contribution >= 4 is 11.6 Å². The van der Waals surface area contributed by atoms with Crippen LogP contribution in [-0.4, -0.2) is 30.1 Å². The Labute approximate surface area is 105 Å². The minimum absolute atomic E-state index is 0.0124. The van der Waals surface area contributed by atoms with Gasteiger partial charge in [0.15, 0.2) is 0 Å². The second kappa shape index (κ2) is 4.80. The van der Waals surface area contributed by atoms with Gasteiger partial charge in [0.25, 0.3) is 0 Å². The predicted molar refractivity (Wildman–Crippen MR) is 65.6 cm³/mol. The molecule has 0 amide bonds. The van der Waals surface area contributed by atoms with Crippen molar-refractivity contribution in [3.63, 3.8) is 0 Å². The van der Waals surface area contributed by atoms with Gasteiger partial charge in [0, 0.05) is 24.2 Å². The third kappa shape index (κ3) is 2.39. The second-order valence-electron chi connectivity index (χ2n) is 4.62. The monoisotopic (exact) mass is 258 g/mol. The molecule has 0 bridgehead atoms. The van der Waals surface area contributed by atoms with E-state index >= 15 is 0 Å². The summed E-state index contributed by atoms with van der Waals surface area (Å²) in [5, 5.41) is 9.51. The molecule has 0 saturated carbocycles. The van der Waals surface area contributed by atoms with E-state index in [2.05, 4.69) is 4.90 Å². The predicted octanol–water partition coefficient (Wildman–Crippen LogP) is 2.14. The molecule has 3 N–H and O–H groups in total. The lowest BCUT2D eigenvalue weighted by atomic mass is 9.99. The molecule has 1 aliphatic heterocycles. The standard InChI is InChI=1S/C12H16ClFN2O/c1-16-6-7(5-15)2-11(16)8-3-9(13)12(17)4-10(8)14/h3-4,7,11,17H,2,5-6,15H2,1H3. The Kier molecular flexibility index (Phi) is 3.56. The molecule has 2 unspecified atom stereocenters. The van der Waals surface area contributed by atoms with Crippen LogP contribution in [0.15, 0.2) is 12.1 Å². The van der Waals surface area contributed by atoms with Crippen molar-refractivity contribution in [1.29, 1.82) is 0 Å². The van der Waals surface area contributed by atoms with E-state index in [0.717, 1.165) is 19.0 Å². The van der Waals surface area contributed by atoms with Gasteiger partial charge >= 0.3 is 0 Å². The maximum atomic E-state index is 13.8. The summed E-state index contributed by atoms with van der Waals surface area (Å²) >= 11 is 5.82. The summed E-state index contributed by atoms with van der Waals surface area (Å²) < 4.78 is 13.8. The molecule has 3 nitrogen and oxygen atoms in total. The van der Waals surface area contributed by atoms with E-state index in [4.69, 9.17) is 17.3 Å². The molecule has 1 aromatic rings. The van der Waals surface area contributed by atoms with E-state index in [1.807, 2.05) is 7.05 Å². The van der Waals surface area contributed by atoms with Crippen LogP contribution in [0.1, 0.15) is 18.0 Å². The molecule has 17 heavy (non-hydrogen) atoms. The summed E-state index contributed by atoms with van der Waals surface area (Å²) in [6, 6.07) is 2.56. The molecule has 94 valence electrons. The van der Waals surface area contributed by atoms with Crippen molar-refractivity contribution in [3.8, 4) is 5.75 Å². The average Bonchev–Trinajstić information content (AvgIpc) is 2.65. The molecule has 1 aromatic carbocycles. The molecular weight excluding hydrogens is 243 g/mol. The van der Waals surface area contributed by atoms with Gasteiger partial charge in [0.1, 0.15) is 11.6 Å². The van der Waals surface area contributed by atoms with Gasteiger partial charge in [0.05, 0.1) is 5.02 Å². The number of aromatic hydroxyl groups is 1. The van der Waals surface area contributed by atoms with Crippen LogP contribution in [0, 0.1) is 11.7 Å². The quantitative estimate of drug-likeness (QED) is 0.855. The van der Waals surface area contributed by atoms with E-state index in [9.17, 15) is 9.50 Å². The van der Waals surface area contributed by atoms with Crippen molar-refractivity contribution < 1.29 is 9.50 Å². The minimum atomic E-state index is -0.415. The van der Waals surface area contributed by atoms with Crippen LogP contribution in [0.25, 0.3) is 0 Å². The molecule has 0 spiro atoms. The lowest BCUT2D eigenvalue weighted by Crippen LogP contribution is -2.21. The average molecular weight is 259 g/mol. The molecule has 5 heteroatoms. The van der Waals surface area contributed by atoms with Crippen LogP contribution in [-0.2, 0) is 0 Å². The first-order valence-electron chi connectivity index (χ1n) is 5.61. The van der Waals surface area contributed by atoms with Gasteiger partial charge in [-0.3, -0.25) is 4.90 Å². The minimum Gasteiger partial charge on any atom is -0.506 e. The van der Waals surface area contributed by atoms with Gasteiger partial charge in [-0.25, -0.2) is 4.39 Å². The Hall–Kier alpha value is -0.840. The second-order valence-corrected chi connectivity index (χ2v) is 5.03. The summed E-state index contributed by atoms with van der Waals surface area (Å²) in [7, 11) is 1.94.